The summed E-state index contributed by atoms with van der Waals surface area (Å²) in [6, 6.07) is 0. The monoisotopic (exact) mass is 258 g/mol. The Kier molecular flexibility index (Phi) is 88.3. The molecule has 0 heterocycles. The van der Waals surface area contributed by atoms with Gasteiger partial charge in [0.25, 0.3) is 0 Å². The van der Waals surface area contributed by atoms with Crippen molar-refractivity contribution in [1.29, 1.82) is 0 Å². The van der Waals surface area contributed by atoms with Crippen molar-refractivity contribution >= 4 is 12.3 Å². The van der Waals surface area contributed by atoms with Crippen molar-refractivity contribution in [3.8, 4) is 0 Å². The van der Waals surface area contributed by atoms with Crippen LogP contribution < -0.4 is 155 Å². The first-order valence-electron chi connectivity index (χ1n) is 1.26. The molecule has 0 spiro atoms. The van der Waals surface area contributed by atoms with Crippen LogP contribution in [0.5, 0.6) is 0 Å². The molecular formula is C2H2ClK2NaO6. The van der Waals surface area contributed by atoms with Gasteiger partial charge in [0.1, 0.15) is 0 Å². The number of carboxylic acid groups (broad SMARTS) is 4. The Morgan fingerprint density at radius 3 is 1.00 bits per heavy atom. The smallest absolute Gasteiger partial charge is 1.00 e. The zero-order valence-corrected chi connectivity index (χ0v) is 15.9. The van der Waals surface area contributed by atoms with E-state index in [2.05, 4.69) is 0 Å². The first-order chi connectivity index (χ1) is 3.46. The van der Waals surface area contributed by atoms with Crippen molar-refractivity contribution in [1.82, 2.24) is 0 Å². The van der Waals surface area contributed by atoms with Crippen LogP contribution in [0.15, 0.2) is 0 Å². The van der Waals surface area contributed by atoms with Crippen molar-refractivity contribution in [2.24, 2.45) is 0 Å². The SMILES string of the molecule is O=C(O)O.O=C([O-])[O-].[Cl-].[K+].[K+].[Na+]. The Morgan fingerprint density at radius 1 is 1.00 bits per heavy atom. The van der Waals surface area contributed by atoms with E-state index >= 15 is 0 Å². The van der Waals surface area contributed by atoms with Gasteiger partial charge < -0.3 is 37.6 Å². The average molecular weight is 259 g/mol. The van der Waals surface area contributed by atoms with E-state index in [0.29, 0.717) is 0 Å². The fraction of sp³-hybridized carbons (Fsp3) is 0. The van der Waals surface area contributed by atoms with Crippen LogP contribution in [-0.4, -0.2) is 22.5 Å². The minimum atomic E-state index is -2.33. The Hall–Kier alpha value is 3.10. The predicted molar refractivity (Wildman–Crippen MR) is 16.0 cm³/mol. The van der Waals surface area contributed by atoms with Crippen molar-refractivity contribution in [3.05, 3.63) is 0 Å². The molecule has 0 amide bonds. The second-order valence-corrected chi connectivity index (χ2v) is 0.533. The van der Waals surface area contributed by atoms with Crippen LogP contribution in [0.4, 0.5) is 9.59 Å². The second kappa shape index (κ2) is 29.2. The largest absolute Gasteiger partial charge is 1.00 e. The van der Waals surface area contributed by atoms with Crippen molar-refractivity contribution in [2.75, 3.05) is 0 Å². The summed E-state index contributed by atoms with van der Waals surface area (Å²) in [5.41, 5.74) is 0. The molecule has 0 saturated carbocycles. The van der Waals surface area contributed by atoms with Gasteiger partial charge in [0.15, 0.2) is 0 Å². The van der Waals surface area contributed by atoms with E-state index < -0.39 is 12.3 Å². The molecule has 0 aliphatic carbocycles. The van der Waals surface area contributed by atoms with E-state index in [9.17, 15) is 0 Å². The Balaban J connectivity index is -0.0000000112. The first-order valence-corrected chi connectivity index (χ1v) is 1.26. The number of halogens is 1. The summed E-state index contributed by atoms with van der Waals surface area (Å²) < 4.78 is 0. The summed E-state index contributed by atoms with van der Waals surface area (Å²) in [7, 11) is 0. The summed E-state index contributed by atoms with van der Waals surface area (Å²) in [5.74, 6) is 0. The van der Waals surface area contributed by atoms with Gasteiger partial charge in [-0.15, -0.1) is 0 Å². The molecule has 0 aromatic carbocycles. The Morgan fingerprint density at radius 2 is 1.00 bits per heavy atom. The van der Waals surface area contributed by atoms with Crippen molar-refractivity contribution in [2.45, 2.75) is 0 Å². The van der Waals surface area contributed by atoms with Gasteiger partial charge in [0.05, 0.1) is 0 Å². The zero-order valence-electron chi connectivity index (χ0n) is 6.91. The van der Waals surface area contributed by atoms with Crippen LogP contribution in [0.2, 0.25) is 0 Å². The standard InChI is InChI=1S/2CH2O3.ClH.2K.Na/c2*2-1(3)4;;;;/h2*(H2,2,3,4);1H;;;/q;;;3*+1/p-3. The van der Waals surface area contributed by atoms with Crippen molar-refractivity contribution < 1.29 is 175 Å². The number of hydrogen-bond donors (Lipinski definition) is 2. The van der Waals surface area contributed by atoms with E-state index in [-0.39, 0.29) is 145 Å². The normalized spacial score (nSPS) is 4.00. The number of rotatable bonds is 0. The van der Waals surface area contributed by atoms with Crippen LogP contribution in [0.1, 0.15) is 0 Å². The molecule has 6 nitrogen and oxygen atoms in total. The van der Waals surface area contributed by atoms with Gasteiger partial charge in [-0.1, -0.05) is 0 Å². The van der Waals surface area contributed by atoms with Crippen LogP contribution in [0.25, 0.3) is 0 Å². The van der Waals surface area contributed by atoms with E-state index in [1.807, 2.05) is 0 Å². The third-order valence-corrected chi connectivity index (χ3v) is 0. The fourth-order valence-electron chi connectivity index (χ4n) is 0. The van der Waals surface area contributed by atoms with Gasteiger partial charge in [-0.3, -0.25) is 0 Å². The molecule has 0 aromatic rings. The Labute approximate surface area is 182 Å². The van der Waals surface area contributed by atoms with Crippen molar-refractivity contribution in [3.63, 3.8) is 0 Å². The van der Waals surface area contributed by atoms with Gasteiger partial charge in [0.2, 0.25) is 0 Å². The minimum Gasteiger partial charge on any atom is -1.00 e. The topological polar surface area (TPSA) is 121 Å². The quantitative estimate of drug-likeness (QED) is 0.416. The molecular weight excluding hydrogens is 257 g/mol. The van der Waals surface area contributed by atoms with Gasteiger partial charge in [-0.05, 0) is 6.16 Å². The van der Waals surface area contributed by atoms with E-state index in [1.54, 1.807) is 0 Å². The number of carbonyl (C=O) groups excluding carboxylic acids is 1. The summed E-state index contributed by atoms with van der Waals surface area (Å²) in [6.45, 7) is 0. The molecule has 0 saturated heterocycles. The summed E-state index contributed by atoms with van der Waals surface area (Å²) in [5, 5.41) is 30.6. The van der Waals surface area contributed by atoms with Gasteiger partial charge in [0, 0.05) is 0 Å². The third-order valence-electron chi connectivity index (χ3n) is 0. The van der Waals surface area contributed by atoms with Crippen LogP contribution in [0, 0.1) is 0 Å². The summed E-state index contributed by atoms with van der Waals surface area (Å²) in [4.78, 5) is 16.9. The fourth-order valence-corrected chi connectivity index (χ4v) is 0. The van der Waals surface area contributed by atoms with E-state index in [1.165, 1.54) is 0 Å². The summed E-state index contributed by atoms with van der Waals surface area (Å²) >= 11 is 0. The molecule has 56 valence electrons. The molecule has 0 rings (SSSR count). The minimum absolute atomic E-state index is 0. The van der Waals surface area contributed by atoms with Crippen LogP contribution in [-0.2, 0) is 0 Å². The van der Waals surface area contributed by atoms with E-state index in [0.717, 1.165) is 0 Å². The predicted octanol–water partition coefficient (Wildman–Crippen LogP) is -14.2. The molecule has 0 fully saturated rings. The Bertz CT molecular complexity index is 81.5. The van der Waals surface area contributed by atoms with E-state index in [4.69, 9.17) is 30.0 Å². The first kappa shape index (κ1) is 36.3. The molecule has 0 aliphatic rings. The second-order valence-electron chi connectivity index (χ2n) is 0.533. The maximum atomic E-state index is 8.56. The van der Waals surface area contributed by atoms with Crippen LogP contribution >= 0.6 is 0 Å². The molecule has 0 aromatic heterocycles. The maximum Gasteiger partial charge on any atom is 1.00 e. The molecule has 0 bridgehead atoms. The van der Waals surface area contributed by atoms with Crippen LogP contribution in [0.3, 0.4) is 0 Å². The molecule has 10 heteroatoms. The van der Waals surface area contributed by atoms with Gasteiger partial charge in [-0.25, -0.2) is 4.79 Å². The average Bonchev–Trinajstić information content (AvgIpc) is 1.25. The number of hydrogen-bond acceptors (Lipinski definition) is 4. The molecule has 0 unspecified atom stereocenters. The summed E-state index contributed by atoms with van der Waals surface area (Å²) in [6.07, 6.45) is -4.17. The third kappa shape index (κ3) is 199. The maximum absolute atomic E-state index is 8.56. The molecule has 0 atom stereocenters. The number of carbonyl (C=O) groups is 2. The van der Waals surface area contributed by atoms with Gasteiger partial charge >= 0.3 is 138 Å². The molecule has 2 N–H and O–H groups in total. The zero-order chi connectivity index (χ0) is 7.15. The molecule has 0 radical (unpaired) electrons. The van der Waals surface area contributed by atoms with Gasteiger partial charge in [-0.2, -0.15) is 0 Å². The molecule has 0 aliphatic heterocycles. The molecule has 12 heavy (non-hydrogen) atoms.